The van der Waals surface area contributed by atoms with Gasteiger partial charge in [0.2, 0.25) is 0 Å². The molecule has 0 bridgehead atoms. The summed E-state index contributed by atoms with van der Waals surface area (Å²) in [6, 6.07) is 3.37. The number of hydrogen-bond acceptors (Lipinski definition) is 4. The molecule has 1 fully saturated rings. The quantitative estimate of drug-likeness (QED) is 0.815. The van der Waals surface area contributed by atoms with E-state index in [-0.39, 0.29) is 24.3 Å². The molecule has 0 aliphatic heterocycles. The first kappa shape index (κ1) is 13.9. The molecule has 0 aromatic carbocycles. The number of methoxy groups -OCH3 is 1. The largest absolute Gasteiger partial charge is 0.467 e. The number of carbonyl (C=O) groups excluding carboxylic acids is 1. The highest BCUT2D eigenvalue weighted by atomic mass is 16.5. The Labute approximate surface area is 112 Å². The van der Waals surface area contributed by atoms with Crippen LogP contribution in [0.5, 0.6) is 0 Å². The van der Waals surface area contributed by atoms with Gasteiger partial charge in [0.1, 0.15) is 11.9 Å². The van der Waals surface area contributed by atoms with Crippen LogP contribution < -0.4 is 10.6 Å². The SMILES string of the molecule is CCO[C@@H]1C[C@@H](NC(=O)NCc2ccco2)[C@H]1OC. The second-order valence-electron chi connectivity index (χ2n) is 4.44. The third kappa shape index (κ3) is 3.48. The second-order valence-corrected chi connectivity index (χ2v) is 4.44. The standard InChI is InChI=1S/C13H20N2O4/c1-3-18-11-7-10(12(11)17-2)15-13(16)14-8-9-5-4-6-19-9/h4-6,10-12H,3,7-8H2,1-2H3,(H2,14,15,16)/t10-,11-,12-/m1/s1. The molecule has 2 rings (SSSR count). The van der Waals surface area contributed by atoms with Crippen LogP contribution >= 0.6 is 0 Å². The number of ether oxygens (including phenoxy) is 2. The molecular formula is C13H20N2O4. The average Bonchev–Trinajstić information content (AvgIpc) is 2.88. The normalized spacial score (nSPS) is 25.7. The highest BCUT2D eigenvalue weighted by Crippen LogP contribution is 2.26. The Morgan fingerprint density at radius 2 is 2.42 bits per heavy atom. The first-order valence-electron chi connectivity index (χ1n) is 6.45. The van der Waals surface area contributed by atoms with Crippen molar-refractivity contribution in [2.24, 2.45) is 0 Å². The number of hydrogen-bond donors (Lipinski definition) is 2. The van der Waals surface area contributed by atoms with Crippen molar-refractivity contribution in [3.63, 3.8) is 0 Å². The maximum absolute atomic E-state index is 11.7. The molecule has 0 unspecified atom stereocenters. The van der Waals surface area contributed by atoms with Crippen molar-refractivity contribution in [3.05, 3.63) is 24.2 Å². The molecule has 1 aromatic rings. The Bertz CT molecular complexity index is 393. The minimum atomic E-state index is -0.224. The van der Waals surface area contributed by atoms with E-state index in [2.05, 4.69) is 10.6 Å². The van der Waals surface area contributed by atoms with E-state index in [0.717, 1.165) is 12.2 Å². The lowest BCUT2D eigenvalue weighted by molar-refractivity contribution is -0.128. The Morgan fingerprint density at radius 1 is 1.58 bits per heavy atom. The van der Waals surface area contributed by atoms with Gasteiger partial charge in [-0.25, -0.2) is 4.79 Å². The van der Waals surface area contributed by atoms with Crippen LogP contribution in [0, 0.1) is 0 Å². The lowest BCUT2D eigenvalue weighted by Gasteiger charge is -2.43. The van der Waals surface area contributed by atoms with E-state index >= 15 is 0 Å². The number of rotatable bonds is 6. The summed E-state index contributed by atoms with van der Waals surface area (Å²) >= 11 is 0. The second kappa shape index (κ2) is 6.58. The fraction of sp³-hybridized carbons (Fsp3) is 0.615. The van der Waals surface area contributed by atoms with Gasteiger partial charge in [0.15, 0.2) is 0 Å². The molecule has 3 atom stereocenters. The summed E-state index contributed by atoms with van der Waals surface area (Å²) in [4.78, 5) is 11.7. The molecule has 1 aromatic heterocycles. The molecule has 1 heterocycles. The fourth-order valence-corrected chi connectivity index (χ4v) is 2.22. The van der Waals surface area contributed by atoms with Gasteiger partial charge >= 0.3 is 6.03 Å². The van der Waals surface area contributed by atoms with Crippen molar-refractivity contribution in [1.82, 2.24) is 10.6 Å². The summed E-state index contributed by atoms with van der Waals surface area (Å²) in [5.41, 5.74) is 0. The van der Waals surface area contributed by atoms with E-state index in [1.807, 2.05) is 13.0 Å². The Morgan fingerprint density at radius 3 is 3.05 bits per heavy atom. The highest BCUT2D eigenvalue weighted by Gasteiger charge is 2.42. The monoisotopic (exact) mass is 268 g/mol. The van der Waals surface area contributed by atoms with Gasteiger partial charge in [-0.3, -0.25) is 0 Å². The topological polar surface area (TPSA) is 72.7 Å². The van der Waals surface area contributed by atoms with Gasteiger partial charge in [-0.1, -0.05) is 0 Å². The van der Waals surface area contributed by atoms with Crippen LogP contribution in [-0.2, 0) is 16.0 Å². The van der Waals surface area contributed by atoms with Crippen molar-refractivity contribution in [2.45, 2.75) is 38.1 Å². The van der Waals surface area contributed by atoms with Crippen LogP contribution in [0.25, 0.3) is 0 Å². The summed E-state index contributed by atoms with van der Waals surface area (Å²) in [5.74, 6) is 0.722. The van der Waals surface area contributed by atoms with Crippen molar-refractivity contribution < 1.29 is 18.7 Å². The van der Waals surface area contributed by atoms with Gasteiger partial charge in [-0.15, -0.1) is 0 Å². The third-order valence-electron chi connectivity index (χ3n) is 3.22. The fourth-order valence-electron chi connectivity index (χ4n) is 2.22. The van der Waals surface area contributed by atoms with Gasteiger partial charge in [0.25, 0.3) is 0 Å². The molecule has 0 saturated heterocycles. The predicted molar refractivity (Wildman–Crippen MR) is 68.7 cm³/mol. The zero-order valence-electron chi connectivity index (χ0n) is 11.2. The van der Waals surface area contributed by atoms with E-state index in [0.29, 0.717) is 13.2 Å². The zero-order chi connectivity index (χ0) is 13.7. The Hall–Kier alpha value is -1.53. The molecule has 2 N–H and O–H groups in total. The van der Waals surface area contributed by atoms with Crippen LogP contribution in [0.3, 0.4) is 0 Å². The number of carbonyl (C=O) groups is 1. The van der Waals surface area contributed by atoms with Crippen LogP contribution in [0.1, 0.15) is 19.1 Å². The molecule has 1 saturated carbocycles. The van der Waals surface area contributed by atoms with Crippen LogP contribution in [0.4, 0.5) is 4.79 Å². The van der Waals surface area contributed by atoms with E-state index in [1.54, 1.807) is 19.4 Å². The number of furan rings is 1. The van der Waals surface area contributed by atoms with Gasteiger partial charge < -0.3 is 24.5 Å². The lowest BCUT2D eigenvalue weighted by Crippen LogP contribution is -2.62. The minimum absolute atomic E-state index is 0.00171. The molecule has 106 valence electrons. The molecule has 6 heteroatoms. The first-order chi connectivity index (χ1) is 9.24. The average molecular weight is 268 g/mol. The smallest absolute Gasteiger partial charge is 0.315 e. The first-order valence-corrected chi connectivity index (χ1v) is 6.45. The van der Waals surface area contributed by atoms with E-state index < -0.39 is 0 Å². The minimum Gasteiger partial charge on any atom is -0.467 e. The molecule has 1 aliphatic rings. The molecule has 2 amide bonds. The van der Waals surface area contributed by atoms with Gasteiger partial charge in [0.05, 0.1) is 25.0 Å². The van der Waals surface area contributed by atoms with E-state index in [4.69, 9.17) is 13.9 Å². The molecule has 0 spiro atoms. The molecular weight excluding hydrogens is 248 g/mol. The van der Waals surface area contributed by atoms with Crippen molar-refractivity contribution in [3.8, 4) is 0 Å². The van der Waals surface area contributed by atoms with Gasteiger partial charge in [-0.05, 0) is 25.5 Å². The van der Waals surface area contributed by atoms with Crippen molar-refractivity contribution in [2.75, 3.05) is 13.7 Å². The van der Waals surface area contributed by atoms with Crippen molar-refractivity contribution in [1.29, 1.82) is 0 Å². The summed E-state index contributed by atoms with van der Waals surface area (Å²) in [5, 5.41) is 5.61. The van der Waals surface area contributed by atoms with Gasteiger partial charge in [0, 0.05) is 13.7 Å². The van der Waals surface area contributed by atoms with Gasteiger partial charge in [-0.2, -0.15) is 0 Å². The van der Waals surface area contributed by atoms with Crippen LogP contribution in [0.2, 0.25) is 0 Å². The lowest BCUT2D eigenvalue weighted by atomic mass is 9.85. The van der Waals surface area contributed by atoms with Crippen LogP contribution in [0.15, 0.2) is 22.8 Å². The molecule has 0 radical (unpaired) electrons. The number of nitrogens with one attached hydrogen (secondary N) is 2. The molecule has 6 nitrogen and oxygen atoms in total. The maximum Gasteiger partial charge on any atom is 0.315 e. The van der Waals surface area contributed by atoms with E-state index in [9.17, 15) is 4.79 Å². The van der Waals surface area contributed by atoms with Crippen molar-refractivity contribution >= 4 is 6.03 Å². The summed E-state index contributed by atoms with van der Waals surface area (Å²) in [6.45, 7) is 2.98. The predicted octanol–water partition coefficient (Wildman–Crippen LogP) is 1.27. The molecule has 1 aliphatic carbocycles. The third-order valence-corrected chi connectivity index (χ3v) is 3.22. The summed E-state index contributed by atoms with van der Waals surface area (Å²) in [6.07, 6.45) is 2.36. The Balaban J connectivity index is 1.71. The molecule has 19 heavy (non-hydrogen) atoms. The Kier molecular flexibility index (Phi) is 4.81. The van der Waals surface area contributed by atoms with Crippen LogP contribution in [-0.4, -0.2) is 38.0 Å². The summed E-state index contributed by atoms with van der Waals surface area (Å²) < 4.78 is 16.0. The van der Waals surface area contributed by atoms with E-state index in [1.165, 1.54) is 0 Å². The zero-order valence-corrected chi connectivity index (χ0v) is 11.2. The number of amides is 2. The highest BCUT2D eigenvalue weighted by molar-refractivity contribution is 5.74. The maximum atomic E-state index is 11.7. The number of urea groups is 1. The summed E-state index contributed by atoms with van der Waals surface area (Å²) in [7, 11) is 1.63.